The molecular weight excluding hydrogens is 367 g/mol. The van der Waals surface area contributed by atoms with Gasteiger partial charge in [-0.25, -0.2) is 8.42 Å². The Morgan fingerprint density at radius 2 is 1.50 bits per heavy atom. The van der Waals surface area contributed by atoms with Crippen LogP contribution in [0, 0.1) is 6.92 Å². The fraction of sp³-hybridized carbons (Fsp3) is 0.294. The Kier molecular flexibility index (Phi) is 5.06. The van der Waals surface area contributed by atoms with E-state index in [9.17, 15) is 8.42 Å². The molecule has 2 aromatic rings. The number of halogens is 2. The maximum Gasteiger partial charge on any atom is 0.243 e. The summed E-state index contributed by atoms with van der Waals surface area (Å²) in [4.78, 5) is 2.36. The van der Waals surface area contributed by atoms with E-state index in [0.717, 1.165) is 5.69 Å². The first-order valence-corrected chi connectivity index (χ1v) is 9.84. The van der Waals surface area contributed by atoms with Crippen molar-refractivity contribution >= 4 is 38.9 Å². The Bertz CT molecular complexity index is 827. The van der Waals surface area contributed by atoms with Crippen LogP contribution >= 0.6 is 23.2 Å². The number of piperazine rings is 1. The second kappa shape index (κ2) is 6.92. The number of aryl methyl sites for hydroxylation is 1. The second-order valence-electron chi connectivity index (χ2n) is 5.78. The summed E-state index contributed by atoms with van der Waals surface area (Å²) >= 11 is 11.9. The normalized spacial score (nSPS) is 16.4. The van der Waals surface area contributed by atoms with E-state index in [-0.39, 0.29) is 4.90 Å². The minimum absolute atomic E-state index is 0.143. The highest BCUT2D eigenvalue weighted by molar-refractivity contribution is 7.89. The van der Waals surface area contributed by atoms with Gasteiger partial charge >= 0.3 is 0 Å². The largest absolute Gasteiger partial charge is 0.369 e. The molecule has 0 atom stereocenters. The molecule has 0 amide bonds. The van der Waals surface area contributed by atoms with E-state index in [1.807, 2.05) is 12.1 Å². The minimum atomic E-state index is -3.58. The number of hydrogen-bond acceptors (Lipinski definition) is 3. The van der Waals surface area contributed by atoms with Crippen molar-refractivity contribution in [3.63, 3.8) is 0 Å². The zero-order valence-electron chi connectivity index (χ0n) is 13.2. The van der Waals surface area contributed by atoms with E-state index in [1.165, 1.54) is 28.1 Å². The smallest absolute Gasteiger partial charge is 0.243 e. The van der Waals surface area contributed by atoms with Gasteiger partial charge in [0.2, 0.25) is 10.0 Å². The van der Waals surface area contributed by atoms with Crippen LogP contribution in [0.3, 0.4) is 0 Å². The maximum absolute atomic E-state index is 12.8. The highest BCUT2D eigenvalue weighted by atomic mass is 35.5. The SMILES string of the molecule is Cc1ccccc1N1CCN(S(=O)(=O)c2cc(Cl)cc(Cl)c2)CC1. The standard InChI is InChI=1S/C17H18Cl2N2O2S/c1-13-4-2-3-5-17(13)20-6-8-21(9-7-20)24(22,23)16-11-14(18)10-15(19)12-16/h2-5,10-12H,6-9H2,1H3. The highest BCUT2D eigenvalue weighted by Crippen LogP contribution is 2.27. The van der Waals surface area contributed by atoms with E-state index in [0.29, 0.717) is 36.2 Å². The molecular formula is C17H18Cl2N2O2S. The Morgan fingerprint density at radius 1 is 0.917 bits per heavy atom. The molecule has 0 N–H and O–H groups in total. The van der Waals surface area contributed by atoms with Crippen molar-refractivity contribution in [1.29, 1.82) is 0 Å². The van der Waals surface area contributed by atoms with Gasteiger partial charge in [0.05, 0.1) is 4.90 Å². The van der Waals surface area contributed by atoms with E-state index >= 15 is 0 Å². The molecule has 0 radical (unpaired) electrons. The lowest BCUT2D eigenvalue weighted by atomic mass is 10.1. The lowest BCUT2D eigenvalue weighted by Gasteiger charge is -2.36. The maximum atomic E-state index is 12.8. The van der Waals surface area contributed by atoms with E-state index in [1.54, 1.807) is 0 Å². The molecule has 0 aliphatic carbocycles. The van der Waals surface area contributed by atoms with Crippen molar-refractivity contribution in [2.45, 2.75) is 11.8 Å². The summed E-state index contributed by atoms with van der Waals surface area (Å²) in [7, 11) is -3.58. The fourth-order valence-electron chi connectivity index (χ4n) is 2.91. The van der Waals surface area contributed by atoms with Gasteiger partial charge < -0.3 is 4.90 Å². The zero-order chi connectivity index (χ0) is 17.3. The third kappa shape index (κ3) is 3.54. The Morgan fingerprint density at radius 3 is 2.08 bits per heavy atom. The molecule has 0 bridgehead atoms. The van der Waals surface area contributed by atoms with E-state index < -0.39 is 10.0 Å². The summed E-state index contributed by atoms with van der Waals surface area (Å²) in [6.45, 7) is 4.23. The van der Waals surface area contributed by atoms with Gasteiger partial charge in [-0.2, -0.15) is 4.31 Å². The number of sulfonamides is 1. The van der Waals surface area contributed by atoms with Crippen LogP contribution in [0.15, 0.2) is 47.4 Å². The van der Waals surface area contributed by atoms with Gasteiger partial charge in [-0.1, -0.05) is 41.4 Å². The Hall–Kier alpha value is -1.27. The zero-order valence-corrected chi connectivity index (χ0v) is 15.6. The molecule has 0 unspecified atom stereocenters. The third-order valence-electron chi connectivity index (χ3n) is 4.17. The summed E-state index contributed by atoms with van der Waals surface area (Å²) in [6.07, 6.45) is 0. The van der Waals surface area contributed by atoms with Crippen LogP contribution in [0.1, 0.15) is 5.56 Å². The van der Waals surface area contributed by atoms with E-state index in [4.69, 9.17) is 23.2 Å². The number of nitrogens with zero attached hydrogens (tertiary/aromatic N) is 2. The van der Waals surface area contributed by atoms with E-state index in [2.05, 4.69) is 24.0 Å². The first-order chi connectivity index (χ1) is 11.4. The molecule has 2 aromatic carbocycles. The first-order valence-electron chi connectivity index (χ1n) is 7.65. The molecule has 0 aromatic heterocycles. The van der Waals surface area contributed by atoms with Crippen LogP contribution in [0.2, 0.25) is 10.0 Å². The number of para-hydroxylation sites is 1. The fourth-order valence-corrected chi connectivity index (χ4v) is 5.06. The van der Waals surface area contributed by atoms with Crippen molar-refractivity contribution in [2.75, 3.05) is 31.1 Å². The predicted molar refractivity (Wildman–Crippen MR) is 98.6 cm³/mol. The molecule has 24 heavy (non-hydrogen) atoms. The van der Waals surface area contributed by atoms with Crippen molar-refractivity contribution in [2.24, 2.45) is 0 Å². The second-order valence-corrected chi connectivity index (χ2v) is 8.59. The molecule has 1 aliphatic rings. The van der Waals surface area contributed by atoms with Crippen LogP contribution in [-0.4, -0.2) is 38.9 Å². The van der Waals surface area contributed by atoms with Gasteiger partial charge in [-0.05, 0) is 36.8 Å². The van der Waals surface area contributed by atoms with Gasteiger partial charge in [0.25, 0.3) is 0 Å². The molecule has 1 fully saturated rings. The number of anilines is 1. The quantitative estimate of drug-likeness (QED) is 0.807. The molecule has 4 nitrogen and oxygen atoms in total. The van der Waals surface area contributed by atoms with Gasteiger partial charge in [-0.3, -0.25) is 0 Å². The van der Waals surface area contributed by atoms with Crippen molar-refractivity contribution in [1.82, 2.24) is 4.31 Å². The Balaban J connectivity index is 1.77. The molecule has 1 heterocycles. The predicted octanol–water partition coefficient (Wildman–Crippen LogP) is 3.81. The minimum Gasteiger partial charge on any atom is -0.369 e. The summed E-state index contributed by atoms with van der Waals surface area (Å²) in [5.41, 5.74) is 2.34. The van der Waals surface area contributed by atoms with Gasteiger partial charge in [0, 0.05) is 41.9 Å². The van der Waals surface area contributed by atoms with Crippen molar-refractivity contribution in [3.05, 3.63) is 58.1 Å². The monoisotopic (exact) mass is 384 g/mol. The van der Waals surface area contributed by atoms with Crippen LogP contribution in [-0.2, 0) is 10.0 Å². The third-order valence-corrected chi connectivity index (χ3v) is 6.48. The summed E-state index contributed by atoms with van der Waals surface area (Å²) in [5, 5.41) is 0.638. The average Bonchev–Trinajstić information content (AvgIpc) is 2.54. The molecule has 1 saturated heterocycles. The van der Waals surface area contributed by atoms with Crippen LogP contribution in [0.25, 0.3) is 0 Å². The van der Waals surface area contributed by atoms with Gasteiger partial charge in [0.1, 0.15) is 0 Å². The molecule has 0 saturated carbocycles. The van der Waals surface area contributed by atoms with Gasteiger partial charge in [-0.15, -0.1) is 0 Å². The summed E-state index contributed by atoms with van der Waals surface area (Å²) in [6, 6.07) is 12.5. The van der Waals surface area contributed by atoms with Crippen molar-refractivity contribution in [3.8, 4) is 0 Å². The van der Waals surface area contributed by atoms with Gasteiger partial charge in [0.15, 0.2) is 0 Å². The summed E-state index contributed by atoms with van der Waals surface area (Å²) < 4.78 is 27.1. The first kappa shape index (κ1) is 17.5. The lowest BCUT2D eigenvalue weighted by Crippen LogP contribution is -2.48. The number of benzene rings is 2. The van der Waals surface area contributed by atoms with Crippen LogP contribution in [0.5, 0.6) is 0 Å². The topological polar surface area (TPSA) is 40.6 Å². The molecule has 3 rings (SSSR count). The molecule has 1 aliphatic heterocycles. The molecule has 7 heteroatoms. The summed E-state index contributed by atoms with van der Waals surface area (Å²) in [5.74, 6) is 0. The molecule has 128 valence electrons. The van der Waals surface area contributed by atoms with Crippen LogP contribution in [0.4, 0.5) is 5.69 Å². The highest BCUT2D eigenvalue weighted by Gasteiger charge is 2.29. The number of hydrogen-bond donors (Lipinski definition) is 0. The lowest BCUT2D eigenvalue weighted by molar-refractivity contribution is 0.385. The average molecular weight is 385 g/mol. The van der Waals surface area contributed by atoms with Crippen molar-refractivity contribution < 1.29 is 8.42 Å². The number of rotatable bonds is 3. The molecule has 0 spiro atoms. The Labute approximate surface area is 152 Å². The van der Waals surface area contributed by atoms with Crippen LogP contribution < -0.4 is 4.90 Å².